The minimum atomic E-state index is -0.0432. The smallest absolute Gasteiger partial charge is 0.309 e. The molecule has 2 aromatic rings. The maximum absolute atomic E-state index is 11.8. The van der Waals surface area contributed by atoms with Crippen LogP contribution in [0.2, 0.25) is 5.02 Å². The predicted molar refractivity (Wildman–Crippen MR) is 102 cm³/mol. The topological polar surface area (TPSA) is 52.9 Å². The number of nitrogens with one attached hydrogen (secondary N) is 1. The molecule has 1 aromatic carbocycles. The summed E-state index contributed by atoms with van der Waals surface area (Å²) < 4.78 is 11.0. The summed E-state index contributed by atoms with van der Waals surface area (Å²) in [5.74, 6) is 0.795. The van der Waals surface area contributed by atoms with Gasteiger partial charge in [0.1, 0.15) is 12.3 Å². The van der Waals surface area contributed by atoms with Crippen LogP contribution in [0.4, 0.5) is 0 Å². The van der Waals surface area contributed by atoms with Gasteiger partial charge in [0, 0.05) is 17.9 Å². The van der Waals surface area contributed by atoms with Gasteiger partial charge in [0.15, 0.2) is 0 Å². The molecule has 0 spiro atoms. The first kappa shape index (κ1) is 19.1. The largest absolute Gasteiger partial charge is 0.466 e. The van der Waals surface area contributed by atoms with Gasteiger partial charge < -0.3 is 14.4 Å². The molecule has 140 valence electrons. The second-order valence-corrected chi connectivity index (χ2v) is 8.07. The van der Waals surface area contributed by atoms with E-state index in [4.69, 9.17) is 21.1 Å². The summed E-state index contributed by atoms with van der Waals surface area (Å²) in [5, 5.41) is 1.34. The molecule has 1 aromatic heterocycles. The van der Waals surface area contributed by atoms with E-state index >= 15 is 0 Å². The Morgan fingerprint density at radius 3 is 2.85 bits per heavy atom. The molecule has 0 atom stereocenters. The number of aromatic nitrogens is 1. The van der Waals surface area contributed by atoms with Crippen LogP contribution in [0.15, 0.2) is 24.4 Å². The number of nitrogens with zero attached hydrogens (tertiary/aromatic N) is 1. The van der Waals surface area contributed by atoms with Gasteiger partial charge in [-0.15, -0.1) is 0 Å². The Bertz CT molecular complexity index is 757. The number of quaternary nitrogens is 1. The number of aryl methyl sites for hydroxylation is 1. The van der Waals surface area contributed by atoms with Crippen molar-refractivity contribution in [1.29, 1.82) is 0 Å². The van der Waals surface area contributed by atoms with E-state index in [-0.39, 0.29) is 11.9 Å². The van der Waals surface area contributed by atoms with E-state index in [1.807, 2.05) is 38.2 Å². The number of carbonyl (C=O) groups excluding carboxylic acids is 1. The average molecular weight is 396 g/mol. The lowest BCUT2D eigenvalue weighted by Crippen LogP contribution is -3.11. The molecule has 5 nitrogen and oxygen atoms in total. The Balaban J connectivity index is 1.52. The molecule has 1 aliphatic heterocycles. The normalized spacial score (nSPS) is 20.0. The van der Waals surface area contributed by atoms with Crippen molar-refractivity contribution >= 4 is 28.9 Å². The van der Waals surface area contributed by atoms with Gasteiger partial charge in [-0.05, 0) is 37.6 Å². The van der Waals surface area contributed by atoms with Crippen molar-refractivity contribution in [2.24, 2.45) is 5.92 Å². The van der Waals surface area contributed by atoms with Gasteiger partial charge >= 0.3 is 5.97 Å². The number of halogens is 1. The minimum absolute atomic E-state index is 0.0432. The fourth-order valence-corrected chi connectivity index (χ4v) is 4.25. The van der Waals surface area contributed by atoms with Gasteiger partial charge in [0.2, 0.25) is 0 Å². The highest BCUT2D eigenvalue weighted by Crippen LogP contribution is 2.30. The van der Waals surface area contributed by atoms with Crippen LogP contribution in [-0.2, 0) is 16.1 Å². The Kier molecular flexibility index (Phi) is 6.51. The van der Waals surface area contributed by atoms with Gasteiger partial charge in [-0.25, -0.2) is 4.98 Å². The van der Waals surface area contributed by atoms with E-state index in [2.05, 4.69) is 4.98 Å². The van der Waals surface area contributed by atoms with Crippen molar-refractivity contribution in [3.05, 3.63) is 39.9 Å². The minimum Gasteiger partial charge on any atom is -0.466 e. The van der Waals surface area contributed by atoms with Crippen LogP contribution >= 0.6 is 22.9 Å². The van der Waals surface area contributed by atoms with Gasteiger partial charge in [0.05, 0.1) is 36.7 Å². The summed E-state index contributed by atoms with van der Waals surface area (Å²) >= 11 is 7.55. The molecule has 0 radical (unpaired) electrons. The summed E-state index contributed by atoms with van der Waals surface area (Å²) in [7, 11) is 0. The van der Waals surface area contributed by atoms with Crippen LogP contribution in [0.3, 0.4) is 0 Å². The van der Waals surface area contributed by atoms with Crippen LogP contribution in [0.5, 0.6) is 10.9 Å². The summed E-state index contributed by atoms with van der Waals surface area (Å²) in [6, 6.07) is 5.56. The number of carbonyl (C=O) groups is 1. The monoisotopic (exact) mass is 395 g/mol. The lowest BCUT2D eigenvalue weighted by molar-refractivity contribution is -0.919. The molecular formula is C19H24ClN2O3S+. The van der Waals surface area contributed by atoms with E-state index in [0.717, 1.165) is 43.8 Å². The highest BCUT2D eigenvalue weighted by Gasteiger charge is 2.28. The molecule has 0 bridgehead atoms. The second kappa shape index (κ2) is 8.84. The van der Waals surface area contributed by atoms with E-state index in [0.29, 0.717) is 16.8 Å². The van der Waals surface area contributed by atoms with Crippen LogP contribution in [-0.4, -0.2) is 30.6 Å². The number of hydrogen-bond donors (Lipinski definition) is 1. The number of esters is 1. The fourth-order valence-electron chi connectivity index (χ4n) is 3.18. The highest BCUT2D eigenvalue weighted by atomic mass is 35.5. The number of likely N-dealkylation sites (tertiary alicyclic amines) is 1. The molecule has 0 amide bonds. The zero-order valence-electron chi connectivity index (χ0n) is 15.1. The second-order valence-electron chi connectivity index (χ2n) is 6.56. The van der Waals surface area contributed by atoms with E-state index in [1.165, 1.54) is 9.78 Å². The summed E-state index contributed by atoms with van der Waals surface area (Å²) in [5.41, 5.74) is 0.987. The number of ether oxygens (including phenoxy) is 2. The number of rotatable bonds is 6. The molecule has 1 N–H and O–H groups in total. The van der Waals surface area contributed by atoms with Crippen molar-refractivity contribution in [3.8, 4) is 10.9 Å². The first-order valence-electron chi connectivity index (χ1n) is 8.94. The van der Waals surface area contributed by atoms with Gasteiger partial charge in [-0.1, -0.05) is 22.9 Å². The quantitative estimate of drug-likeness (QED) is 0.763. The van der Waals surface area contributed by atoms with Gasteiger partial charge in [-0.3, -0.25) is 4.79 Å². The van der Waals surface area contributed by atoms with Crippen LogP contribution in [0.1, 0.15) is 30.2 Å². The van der Waals surface area contributed by atoms with Crippen molar-refractivity contribution in [1.82, 2.24) is 4.98 Å². The maximum atomic E-state index is 11.8. The molecule has 7 heteroatoms. The van der Waals surface area contributed by atoms with Crippen LogP contribution < -0.4 is 9.64 Å². The summed E-state index contributed by atoms with van der Waals surface area (Å²) in [6.07, 6.45) is 3.66. The Hall–Kier alpha value is -1.63. The average Bonchev–Trinajstić information content (AvgIpc) is 3.05. The van der Waals surface area contributed by atoms with E-state index in [1.54, 1.807) is 11.3 Å². The third-order valence-electron chi connectivity index (χ3n) is 4.60. The molecule has 0 unspecified atom stereocenters. The molecule has 1 fully saturated rings. The fraction of sp³-hybridized carbons (Fsp3) is 0.474. The molecule has 2 heterocycles. The van der Waals surface area contributed by atoms with Crippen LogP contribution in [0, 0.1) is 12.8 Å². The summed E-state index contributed by atoms with van der Waals surface area (Å²) in [4.78, 5) is 18.9. The number of hydrogen-bond acceptors (Lipinski definition) is 5. The highest BCUT2D eigenvalue weighted by molar-refractivity contribution is 7.13. The SMILES string of the molecule is CCOC(=O)C1CC[NH+](Cc2cnc(Oc3ccc(Cl)cc3C)s2)CC1. The van der Waals surface area contributed by atoms with E-state index in [9.17, 15) is 4.79 Å². The van der Waals surface area contributed by atoms with Crippen molar-refractivity contribution in [2.75, 3.05) is 19.7 Å². The molecule has 0 saturated carbocycles. The maximum Gasteiger partial charge on any atom is 0.309 e. The summed E-state index contributed by atoms with van der Waals surface area (Å²) in [6.45, 7) is 7.15. The van der Waals surface area contributed by atoms with Crippen LogP contribution in [0.25, 0.3) is 0 Å². The lowest BCUT2D eigenvalue weighted by Gasteiger charge is -2.27. The molecule has 1 aliphatic rings. The number of piperidine rings is 1. The van der Waals surface area contributed by atoms with E-state index < -0.39 is 0 Å². The third kappa shape index (κ3) is 4.96. The molecule has 26 heavy (non-hydrogen) atoms. The number of benzene rings is 1. The molecule has 1 saturated heterocycles. The van der Waals surface area contributed by atoms with Crippen molar-refractivity contribution in [2.45, 2.75) is 33.2 Å². The van der Waals surface area contributed by atoms with Crippen molar-refractivity contribution < 1.29 is 19.2 Å². The molecular weight excluding hydrogens is 372 g/mol. The first-order chi connectivity index (χ1) is 12.5. The first-order valence-corrected chi connectivity index (χ1v) is 10.1. The standard InChI is InChI=1S/C19H23ClN2O3S/c1-3-24-18(23)14-6-8-22(9-7-14)12-16-11-21-19(26-16)25-17-5-4-15(20)10-13(17)2/h4-5,10-11,14H,3,6-9,12H2,1-2H3/p+1. The molecule has 3 rings (SSSR count). The zero-order valence-corrected chi connectivity index (χ0v) is 16.7. The third-order valence-corrected chi connectivity index (χ3v) is 5.71. The van der Waals surface area contributed by atoms with Crippen molar-refractivity contribution in [3.63, 3.8) is 0 Å². The zero-order chi connectivity index (χ0) is 18.5. The van der Waals surface area contributed by atoms with Gasteiger partial charge in [0.25, 0.3) is 5.19 Å². The molecule has 0 aliphatic carbocycles. The Morgan fingerprint density at radius 1 is 1.38 bits per heavy atom. The van der Waals surface area contributed by atoms with Gasteiger partial charge in [-0.2, -0.15) is 0 Å². The lowest BCUT2D eigenvalue weighted by atomic mass is 9.97. The number of thiazole rings is 1. The Morgan fingerprint density at radius 2 is 2.15 bits per heavy atom. The predicted octanol–water partition coefficient (Wildman–Crippen LogP) is 3.26. The Labute approximate surface area is 162 Å².